The first-order chi connectivity index (χ1) is 7.29. The minimum atomic E-state index is -0.204. The second kappa shape index (κ2) is 4.41. The molecular weight excluding hydrogens is 198 g/mol. The van der Waals surface area contributed by atoms with Gasteiger partial charge in [0.15, 0.2) is 0 Å². The van der Waals surface area contributed by atoms with Crippen LogP contribution in [0.5, 0.6) is 0 Å². The Labute approximate surface area is 87.0 Å². The quantitative estimate of drug-likeness (QED) is 0.735. The zero-order valence-electron chi connectivity index (χ0n) is 8.40. The lowest BCUT2D eigenvalue weighted by Gasteiger charge is -2.09. The first-order valence-electron chi connectivity index (χ1n) is 4.76. The average molecular weight is 211 g/mol. The molecule has 2 rings (SSSR count). The van der Waals surface area contributed by atoms with Gasteiger partial charge in [0.25, 0.3) is 0 Å². The number of aromatic nitrogens is 1. The van der Waals surface area contributed by atoms with Crippen molar-refractivity contribution in [1.29, 1.82) is 0 Å². The van der Waals surface area contributed by atoms with E-state index < -0.39 is 0 Å². The number of nitrogens with zero attached hydrogens (tertiary/aromatic N) is 1. The van der Waals surface area contributed by atoms with E-state index in [0.717, 1.165) is 0 Å². The zero-order chi connectivity index (χ0) is 10.7. The fraction of sp³-hybridized carbons (Fsp3) is 0.556. The molecule has 2 atom stereocenters. The maximum atomic E-state index is 11.7. The van der Waals surface area contributed by atoms with Gasteiger partial charge in [0.1, 0.15) is 12.0 Å². The van der Waals surface area contributed by atoms with Crippen LogP contribution in [0.25, 0.3) is 0 Å². The van der Waals surface area contributed by atoms with Crippen molar-refractivity contribution in [3.63, 3.8) is 0 Å². The summed E-state index contributed by atoms with van der Waals surface area (Å²) in [5.74, 6) is -0.0854. The summed E-state index contributed by atoms with van der Waals surface area (Å²) in [6.45, 7) is 0.707. The van der Waals surface area contributed by atoms with Crippen LogP contribution in [-0.2, 0) is 9.53 Å². The summed E-state index contributed by atoms with van der Waals surface area (Å²) in [4.78, 5) is 11.7. The number of ether oxygens (including phenoxy) is 1. The molecule has 1 aliphatic heterocycles. The Kier molecular flexibility index (Phi) is 2.98. The number of methoxy groups -OCH3 is 1. The Balaban J connectivity index is 1.87. The maximum Gasteiger partial charge on any atom is 0.241 e. The molecule has 0 aromatic carbocycles. The van der Waals surface area contributed by atoms with E-state index in [1.54, 1.807) is 7.11 Å². The van der Waals surface area contributed by atoms with E-state index in [1.807, 2.05) is 0 Å². The average Bonchev–Trinajstić information content (AvgIpc) is 2.86. The van der Waals surface area contributed by atoms with E-state index in [0.29, 0.717) is 18.7 Å². The summed E-state index contributed by atoms with van der Waals surface area (Å²) in [6, 6.07) is -0.204. The highest BCUT2D eigenvalue weighted by molar-refractivity contribution is 5.94. The van der Waals surface area contributed by atoms with Gasteiger partial charge < -0.3 is 19.9 Å². The molecule has 0 spiro atoms. The van der Waals surface area contributed by atoms with Crippen molar-refractivity contribution in [2.75, 3.05) is 19.0 Å². The first-order valence-corrected chi connectivity index (χ1v) is 4.76. The van der Waals surface area contributed by atoms with Crippen molar-refractivity contribution in [3.8, 4) is 0 Å². The number of nitrogens with one attached hydrogen (secondary N) is 2. The highest BCUT2D eigenvalue weighted by atomic mass is 16.5. The topological polar surface area (TPSA) is 76.4 Å². The van der Waals surface area contributed by atoms with Crippen LogP contribution in [0.15, 0.2) is 17.0 Å². The molecule has 6 heteroatoms. The van der Waals surface area contributed by atoms with Crippen molar-refractivity contribution >= 4 is 11.6 Å². The largest absolute Gasteiger partial charge is 0.380 e. The minimum Gasteiger partial charge on any atom is -0.380 e. The van der Waals surface area contributed by atoms with E-state index >= 15 is 0 Å². The van der Waals surface area contributed by atoms with Crippen LogP contribution in [0.4, 0.5) is 5.69 Å². The summed E-state index contributed by atoms with van der Waals surface area (Å²) in [5.41, 5.74) is 0.572. The third kappa shape index (κ3) is 2.34. The molecule has 1 amide bonds. The van der Waals surface area contributed by atoms with Crippen molar-refractivity contribution in [3.05, 3.63) is 12.5 Å². The van der Waals surface area contributed by atoms with Gasteiger partial charge in [0.05, 0.1) is 18.3 Å². The molecule has 2 N–H and O–H groups in total. The molecule has 2 heterocycles. The summed E-state index contributed by atoms with van der Waals surface area (Å²) < 4.78 is 9.76. The molecule has 1 aromatic rings. The number of rotatable bonds is 3. The fourth-order valence-corrected chi connectivity index (χ4v) is 1.58. The first kappa shape index (κ1) is 10.1. The SMILES string of the molecule is COC1CNC(C(=O)Nc2cnoc2)C1. The minimum absolute atomic E-state index is 0.0854. The molecule has 0 saturated carbocycles. The Morgan fingerprint density at radius 3 is 3.27 bits per heavy atom. The van der Waals surface area contributed by atoms with Crippen LogP contribution in [-0.4, -0.2) is 36.9 Å². The van der Waals surface area contributed by atoms with Crippen molar-refractivity contribution in [2.24, 2.45) is 0 Å². The number of anilines is 1. The lowest BCUT2D eigenvalue weighted by molar-refractivity contribution is -0.118. The van der Waals surface area contributed by atoms with Crippen LogP contribution in [0, 0.1) is 0 Å². The number of hydrogen-bond acceptors (Lipinski definition) is 5. The Bertz CT molecular complexity index is 325. The molecule has 0 bridgehead atoms. The van der Waals surface area contributed by atoms with Gasteiger partial charge in [-0.1, -0.05) is 5.16 Å². The van der Waals surface area contributed by atoms with Gasteiger partial charge in [-0.3, -0.25) is 4.79 Å². The maximum absolute atomic E-state index is 11.7. The van der Waals surface area contributed by atoms with Gasteiger partial charge in [-0.2, -0.15) is 0 Å². The monoisotopic (exact) mass is 211 g/mol. The molecular formula is C9H13N3O3. The molecule has 1 fully saturated rings. The van der Waals surface area contributed by atoms with Gasteiger partial charge in [-0.05, 0) is 6.42 Å². The lowest BCUT2D eigenvalue weighted by Crippen LogP contribution is -2.35. The molecule has 2 unspecified atom stereocenters. The normalized spacial score (nSPS) is 25.4. The molecule has 1 saturated heterocycles. The number of carbonyl (C=O) groups excluding carboxylic acids is 1. The van der Waals surface area contributed by atoms with Crippen LogP contribution in [0.2, 0.25) is 0 Å². The van der Waals surface area contributed by atoms with E-state index in [-0.39, 0.29) is 18.1 Å². The molecule has 82 valence electrons. The summed E-state index contributed by atoms with van der Waals surface area (Å²) in [5, 5.41) is 9.28. The lowest BCUT2D eigenvalue weighted by atomic mass is 10.2. The molecule has 15 heavy (non-hydrogen) atoms. The van der Waals surface area contributed by atoms with Crippen molar-refractivity contribution < 1.29 is 14.1 Å². The second-order valence-corrected chi connectivity index (χ2v) is 3.46. The number of hydrogen-bond donors (Lipinski definition) is 2. The third-order valence-corrected chi connectivity index (χ3v) is 2.44. The van der Waals surface area contributed by atoms with Crippen LogP contribution in [0.1, 0.15) is 6.42 Å². The summed E-state index contributed by atoms with van der Waals surface area (Å²) >= 11 is 0. The smallest absolute Gasteiger partial charge is 0.241 e. The molecule has 0 aliphatic carbocycles. The van der Waals surface area contributed by atoms with Crippen molar-refractivity contribution in [1.82, 2.24) is 10.5 Å². The van der Waals surface area contributed by atoms with Gasteiger partial charge in [-0.15, -0.1) is 0 Å². The van der Waals surface area contributed by atoms with Gasteiger partial charge in [0, 0.05) is 13.7 Å². The van der Waals surface area contributed by atoms with E-state index in [9.17, 15) is 4.79 Å². The predicted molar refractivity (Wildman–Crippen MR) is 52.3 cm³/mol. The molecule has 6 nitrogen and oxygen atoms in total. The van der Waals surface area contributed by atoms with Crippen LogP contribution in [0.3, 0.4) is 0 Å². The predicted octanol–water partition coefficient (Wildman–Crippen LogP) is -0.0100. The number of carbonyl (C=O) groups is 1. The Hall–Kier alpha value is -1.40. The third-order valence-electron chi connectivity index (χ3n) is 2.44. The highest BCUT2D eigenvalue weighted by Crippen LogP contribution is 2.12. The molecule has 1 aromatic heterocycles. The molecule has 1 aliphatic rings. The van der Waals surface area contributed by atoms with E-state index in [4.69, 9.17) is 4.74 Å². The van der Waals surface area contributed by atoms with Crippen LogP contribution < -0.4 is 10.6 Å². The molecule has 0 radical (unpaired) electrons. The van der Waals surface area contributed by atoms with Gasteiger partial charge in [0.2, 0.25) is 5.91 Å². The summed E-state index contributed by atoms with van der Waals surface area (Å²) in [6.07, 6.45) is 3.65. The van der Waals surface area contributed by atoms with Gasteiger partial charge in [-0.25, -0.2) is 0 Å². The van der Waals surface area contributed by atoms with E-state index in [1.165, 1.54) is 12.5 Å². The van der Waals surface area contributed by atoms with Crippen molar-refractivity contribution in [2.45, 2.75) is 18.6 Å². The summed E-state index contributed by atoms with van der Waals surface area (Å²) in [7, 11) is 1.65. The highest BCUT2D eigenvalue weighted by Gasteiger charge is 2.29. The standard InChI is InChI=1S/C9H13N3O3/c1-14-7-2-8(10-4-7)9(13)12-6-3-11-15-5-6/h3,5,7-8,10H,2,4H2,1H3,(H,12,13). The second-order valence-electron chi connectivity index (χ2n) is 3.46. The zero-order valence-corrected chi connectivity index (χ0v) is 8.40. The number of amides is 1. The fourth-order valence-electron chi connectivity index (χ4n) is 1.58. The Morgan fingerprint density at radius 2 is 2.67 bits per heavy atom. The van der Waals surface area contributed by atoms with Crippen LogP contribution >= 0.6 is 0 Å². The van der Waals surface area contributed by atoms with Gasteiger partial charge >= 0.3 is 0 Å². The van der Waals surface area contributed by atoms with E-state index in [2.05, 4.69) is 20.3 Å². The Morgan fingerprint density at radius 1 is 1.80 bits per heavy atom.